The van der Waals surface area contributed by atoms with Crippen LogP contribution in [0.1, 0.15) is 61.4 Å². The zero-order valence-electron chi connectivity index (χ0n) is 22.3. The minimum absolute atomic E-state index is 0.0589. The lowest BCUT2D eigenvalue weighted by Gasteiger charge is -2.15. The van der Waals surface area contributed by atoms with Crippen LogP contribution in [0.4, 0.5) is 0 Å². The second kappa shape index (κ2) is 16.6. The Balaban J connectivity index is 1.90. The van der Waals surface area contributed by atoms with Gasteiger partial charge in [0, 0.05) is 11.1 Å². The summed E-state index contributed by atoms with van der Waals surface area (Å²) in [5.41, 5.74) is 1.32. The van der Waals surface area contributed by atoms with Gasteiger partial charge >= 0.3 is 17.9 Å². The summed E-state index contributed by atoms with van der Waals surface area (Å²) >= 11 is 0. The van der Waals surface area contributed by atoms with E-state index in [2.05, 4.69) is 6.58 Å². The van der Waals surface area contributed by atoms with E-state index in [1.54, 1.807) is 55.5 Å². The van der Waals surface area contributed by atoms with Crippen molar-refractivity contribution in [1.29, 1.82) is 0 Å². The summed E-state index contributed by atoms with van der Waals surface area (Å²) < 4.78 is 26.6. The molecule has 0 saturated carbocycles. The van der Waals surface area contributed by atoms with Gasteiger partial charge in [-0.1, -0.05) is 62.6 Å². The molecule has 0 N–H and O–H groups in total. The van der Waals surface area contributed by atoms with E-state index in [9.17, 15) is 14.4 Å². The summed E-state index contributed by atoms with van der Waals surface area (Å²) in [6.45, 7) is 5.96. The van der Waals surface area contributed by atoms with Gasteiger partial charge in [0.1, 0.15) is 5.75 Å². The van der Waals surface area contributed by atoms with Gasteiger partial charge in [-0.2, -0.15) is 0 Å². The quantitative estimate of drug-likeness (QED) is 0.0884. The standard InChI is InChI=1S/C30H36O8/c1-22(2)28(31)37-21-13-8-6-5-7-12-20-36-26(27(34-3)30(33)35-4)23-16-18-24(19-17-23)29(32)38-25-14-10-9-11-15-25/h9-11,14-19H,1,5-8,12-13,20-21H2,2-4H3. The summed E-state index contributed by atoms with van der Waals surface area (Å²) in [6.07, 6.45) is 5.50. The van der Waals surface area contributed by atoms with E-state index < -0.39 is 11.9 Å². The normalized spacial score (nSPS) is 11.1. The maximum absolute atomic E-state index is 12.5. The summed E-state index contributed by atoms with van der Waals surface area (Å²) in [6, 6.07) is 15.3. The van der Waals surface area contributed by atoms with E-state index in [-0.39, 0.29) is 17.5 Å². The van der Waals surface area contributed by atoms with E-state index in [0.29, 0.717) is 35.7 Å². The van der Waals surface area contributed by atoms with Gasteiger partial charge in [-0.3, -0.25) is 0 Å². The van der Waals surface area contributed by atoms with Crippen LogP contribution >= 0.6 is 0 Å². The molecule has 0 saturated heterocycles. The maximum atomic E-state index is 12.5. The van der Waals surface area contributed by atoms with Crippen LogP contribution < -0.4 is 4.74 Å². The summed E-state index contributed by atoms with van der Waals surface area (Å²) in [5, 5.41) is 0. The maximum Gasteiger partial charge on any atom is 0.377 e. The van der Waals surface area contributed by atoms with Gasteiger partial charge in [0.05, 0.1) is 33.0 Å². The highest BCUT2D eigenvalue weighted by Gasteiger charge is 2.21. The predicted octanol–water partition coefficient (Wildman–Crippen LogP) is 5.87. The van der Waals surface area contributed by atoms with E-state index in [0.717, 1.165) is 38.5 Å². The third-order valence-corrected chi connectivity index (χ3v) is 5.48. The monoisotopic (exact) mass is 524 g/mol. The zero-order chi connectivity index (χ0) is 27.8. The molecule has 2 aromatic carbocycles. The molecular weight excluding hydrogens is 488 g/mol. The Morgan fingerprint density at radius 1 is 0.684 bits per heavy atom. The SMILES string of the molecule is C=C(C)C(=O)OCCCCCCCCOC(=C(OC)C(=O)OC)c1ccc(C(=O)Oc2ccccc2)cc1. The van der Waals surface area contributed by atoms with Gasteiger partial charge in [0.15, 0.2) is 5.76 Å². The first kappa shape index (κ1) is 30.2. The van der Waals surface area contributed by atoms with Gasteiger partial charge in [0.25, 0.3) is 0 Å². The average Bonchev–Trinajstić information content (AvgIpc) is 2.93. The Kier molecular flexibility index (Phi) is 13.2. The highest BCUT2D eigenvalue weighted by atomic mass is 16.6. The van der Waals surface area contributed by atoms with Crippen molar-refractivity contribution in [1.82, 2.24) is 0 Å². The van der Waals surface area contributed by atoms with Crippen LogP contribution in [-0.4, -0.2) is 45.3 Å². The Morgan fingerprint density at radius 2 is 1.24 bits per heavy atom. The topological polar surface area (TPSA) is 97.4 Å². The molecule has 8 heteroatoms. The van der Waals surface area contributed by atoms with E-state index >= 15 is 0 Å². The number of methoxy groups -OCH3 is 2. The fourth-order valence-corrected chi connectivity index (χ4v) is 3.43. The molecule has 0 radical (unpaired) electrons. The molecule has 0 aliphatic heterocycles. The van der Waals surface area contributed by atoms with Gasteiger partial charge < -0.3 is 23.7 Å². The molecule has 0 amide bonds. The molecule has 204 valence electrons. The molecule has 0 unspecified atom stereocenters. The van der Waals surface area contributed by atoms with Gasteiger partial charge in [0.2, 0.25) is 5.76 Å². The third-order valence-electron chi connectivity index (χ3n) is 5.48. The van der Waals surface area contributed by atoms with E-state index in [1.165, 1.54) is 14.2 Å². The predicted molar refractivity (Wildman–Crippen MR) is 143 cm³/mol. The average molecular weight is 525 g/mol. The lowest BCUT2D eigenvalue weighted by atomic mass is 10.1. The Labute approximate surface area is 224 Å². The number of unbranched alkanes of at least 4 members (excludes halogenated alkanes) is 5. The molecule has 8 nitrogen and oxygen atoms in total. The molecule has 0 aromatic heterocycles. The molecule has 2 aromatic rings. The zero-order valence-corrected chi connectivity index (χ0v) is 22.3. The summed E-state index contributed by atoms with van der Waals surface area (Å²) in [7, 11) is 2.63. The molecule has 0 aliphatic carbocycles. The van der Waals surface area contributed by atoms with Gasteiger partial charge in [-0.15, -0.1) is 0 Å². The van der Waals surface area contributed by atoms with Crippen molar-refractivity contribution in [3.8, 4) is 5.75 Å². The van der Waals surface area contributed by atoms with E-state index in [1.807, 2.05) is 6.07 Å². The minimum Gasteiger partial charge on any atom is -0.489 e. The fraction of sp³-hybridized carbons (Fsp3) is 0.367. The van der Waals surface area contributed by atoms with Crippen molar-refractivity contribution in [3.63, 3.8) is 0 Å². The van der Waals surface area contributed by atoms with Gasteiger partial charge in [-0.25, -0.2) is 14.4 Å². The smallest absolute Gasteiger partial charge is 0.377 e. The number of hydrogen-bond donors (Lipinski definition) is 0. The largest absolute Gasteiger partial charge is 0.489 e. The van der Waals surface area contributed by atoms with Crippen LogP contribution in [0.2, 0.25) is 0 Å². The third kappa shape index (κ3) is 10.1. The lowest BCUT2D eigenvalue weighted by molar-refractivity contribution is -0.140. The molecule has 38 heavy (non-hydrogen) atoms. The number of esters is 3. The Morgan fingerprint density at radius 3 is 1.79 bits per heavy atom. The van der Waals surface area contributed by atoms with Crippen LogP contribution in [0, 0.1) is 0 Å². The minimum atomic E-state index is -0.664. The number of para-hydroxylation sites is 1. The first-order valence-corrected chi connectivity index (χ1v) is 12.6. The number of rotatable bonds is 16. The fourth-order valence-electron chi connectivity index (χ4n) is 3.43. The lowest BCUT2D eigenvalue weighted by Crippen LogP contribution is -2.12. The van der Waals surface area contributed by atoms with Crippen molar-refractivity contribution < 1.29 is 38.1 Å². The van der Waals surface area contributed by atoms with Crippen molar-refractivity contribution in [2.24, 2.45) is 0 Å². The number of hydrogen-bond acceptors (Lipinski definition) is 8. The molecule has 0 spiro atoms. The van der Waals surface area contributed by atoms with Crippen LogP contribution in [0.15, 0.2) is 72.5 Å². The molecule has 0 aliphatic rings. The molecule has 0 fully saturated rings. The van der Waals surface area contributed by atoms with Crippen molar-refractivity contribution in [3.05, 3.63) is 83.6 Å². The van der Waals surface area contributed by atoms with Crippen LogP contribution in [0.3, 0.4) is 0 Å². The highest BCUT2D eigenvalue weighted by molar-refractivity contribution is 5.95. The number of ether oxygens (including phenoxy) is 5. The van der Waals surface area contributed by atoms with Crippen molar-refractivity contribution in [2.75, 3.05) is 27.4 Å². The van der Waals surface area contributed by atoms with Crippen molar-refractivity contribution >= 4 is 23.7 Å². The summed E-state index contributed by atoms with van der Waals surface area (Å²) in [4.78, 5) is 36.1. The van der Waals surface area contributed by atoms with E-state index in [4.69, 9.17) is 23.7 Å². The van der Waals surface area contributed by atoms with Crippen LogP contribution in [-0.2, 0) is 28.5 Å². The first-order valence-electron chi connectivity index (χ1n) is 12.6. The second-order valence-corrected chi connectivity index (χ2v) is 8.52. The molecule has 0 heterocycles. The van der Waals surface area contributed by atoms with Crippen LogP contribution in [0.5, 0.6) is 5.75 Å². The molecule has 0 bridgehead atoms. The highest BCUT2D eigenvalue weighted by Crippen LogP contribution is 2.24. The Hall–Kier alpha value is -4.07. The summed E-state index contributed by atoms with van der Waals surface area (Å²) in [5.74, 6) is -0.886. The van der Waals surface area contributed by atoms with Crippen LogP contribution in [0.25, 0.3) is 5.76 Å². The first-order chi connectivity index (χ1) is 18.4. The molecule has 2 rings (SSSR count). The Bertz CT molecular complexity index is 1090. The number of carbonyl (C=O) groups is 3. The van der Waals surface area contributed by atoms with Crippen molar-refractivity contribution in [2.45, 2.75) is 45.4 Å². The molecular formula is C30H36O8. The number of benzene rings is 2. The number of carbonyl (C=O) groups excluding carboxylic acids is 3. The van der Waals surface area contributed by atoms with Gasteiger partial charge in [-0.05, 0) is 44.0 Å². The second-order valence-electron chi connectivity index (χ2n) is 8.52. The molecule has 0 atom stereocenters.